The zero-order valence-corrected chi connectivity index (χ0v) is 15.3. The number of carbonyl (C=O) groups excluding carboxylic acids is 1. The summed E-state index contributed by atoms with van der Waals surface area (Å²) in [4.78, 5) is 12.9. The van der Waals surface area contributed by atoms with Crippen LogP contribution >= 0.6 is 0 Å². The molecular formula is C20H14F2O5S. The van der Waals surface area contributed by atoms with Crippen LogP contribution in [-0.4, -0.2) is 30.7 Å². The standard InChI is InChI=1S/C20H14F2O5S/c1-28(26,27)15-4-2-11(3-5-15)16-9-18(23)19(24)10-17(16)20(25)12-6-13(21)8-14(22)7-12/h2-10,23-24H,1H3. The van der Waals surface area contributed by atoms with Gasteiger partial charge in [-0.3, -0.25) is 4.79 Å². The summed E-state index contributed by atoms with van der Waals surface area (Å²) < 4.78 is 50.2. The van der Waals surface area contributed by atoms with Crippen molar-refractivity contribution in [2.24, 2.45) is 0 Å². The lowest BCUT2D eigenvalue weighted by Gasteiger charge is -2.12. The van der Waals surface area contributed by atoms with E-state index >= 15 is 0 Å². The molecule has 8 heteroatoms. The zero-order valence-electron chi connectivity index (χ0n) is 14.5. The molecular weight excluding hydrogens is 390 g/mol. The molecule has 0 saturated heterocycles. The van der Waals surface area contributed by atoms with E-state index in [-0.39, 0.29) is 21.6 Å². The fraction of sp³-hybridized carbons (Fsp3) is 0.0500. The van der Waals surface area contributed by atoms with Gasteiger partial charge < -0.3 is 10.2 Å². The number of ketones is 1. The first kappa shape index (κ1) is 19.5. The van der Waals surface area contributed by atoms with Crippen molar-refractivity contribution >= 4 is 15.6 Å². The topological polar surface area (TPSA) is 91.7 Å². The van der Waals surface area contributed by atoms with Crippen LogP contribution < -0.4 is 0 Å². The molecule has 0 aliphatic rings. The second-order valence-corrected chi connectivity index (χ2v) is 8.19. The third kappa shape index (κ3) is 3.86. The van der Waals surface area contributed by atoms with Crippen molar-refractivity contribution in [3.8, 4) is 22.6 Å². The Balaban J connectivity index is 2.17. The van der Waals surface area contributed by atoms with E-state index in [4.69, 9.17) is 0 Å². The zero-order chi connectivity index (χ0) is 20.6. The van der Waals surface area contributed by atoms with Crippen LogP contribution in [0.5, 0.6) is 11.5 Å². The first-order valence-corrected chi connectivity index (χ1v) is 9.82. The van der Waals surface area contributed by atoms with Gasteiger partial charge in [0.1, 0.15) is 11.6 Å². The van der Waals surface area contributed by atoms with E-state index in [1.165, 1.54) is 24.3 Å². The molecule has 3 rings (SSSR count). The molecule has 0 aliphatic carbocycles. The molecule has 0 amide bonds. The molecule has 0 unspecified atom stereocenters. The summed E-state index contributed by atoms with van der Waals surface area (Å²) in [6, 6.07) is 9.92. The van der Waals surface area contributed by atoms with Gasteiger partial charge in [0.2, 0.25) is 0 Å². The van der Waals surface area contributed by atoms with E-state index in [2.05, 4.69) is 0 Å². The molecule has 0 aromatic heterocycles. The van der Waals surface area contributed by atoms with Gasteiger partial charge in [-0.2, -0.15) is 0 Å². The Kier molecular flexibility index (Phi) is 4.91. The van der Waals surface area contributed by atoms with E-state index < -0.39 is 38.8 Å². The molecule has 0 bridgehead atoms. The number of phenolic OH excluding ortho intramolecular Hbond substituents is 2. The molecule has 0 atom stereocenters. The lowest BCUT2D eigenvalue weighted by atomic mass is 9.93. The first-order valence-electron chi connectivity index (χ1n) is 7.93. The number of hydrogen-bond donors (Lipinski definition) is 2. The molecule has 0 fully saturated rings. The third-order valence-corrected chi connectivity index (χ3v) is 5.21. The highest BCUT2D eigenvalue weighted by Crippen LogP contribution is 2.36. The van der Waals surface area contributed by atoms with E-state index in [1.807, 2.05) is 0 Å². The highest BCUT2D eigenvalue weighted by atomic mass is 32.2. The number of phenols is 2. The molecule has 2 N–H and O–H groups in total. The molecule has 0 saturated carbocycles. The van der Waals surface area contributed by atoms with Gasteiger partial charge in [0.05, 0.1) is 4.90 Å². The number of halogens is 2. The van der Waals surface area contributed by atoms with Gasteiger partial charge in [0.15, 0.2) is 27.1 Å². The number of carbonyl (C=O) groups is 1. The highest BCUT2D eigenvalue weighted by Gasteiger charge is 2.20. The number of sulfone groups is 1. The van der Waals surface area contributed by atoms with Crippen molar-refractivity contribution in [1.29, 1.82) is 0 Å². The van der Waals surface area contributed by atoms with Gasteiger partial charge in [0.25, 0.3) is 0 Å². The third-order valence-electron chi connectivity index (χ3n) is 4.08. The van der Waals surface area contributed by atoms with Gasteiger partial charge in [-0.15, -0.1) is 0 Å². The maximum absolute atomic E-state index is 13.5. The van der Waals surface area contributed by atoms with Crippen LogP contribution in [0.4, 0.5) is 8.78 Å². The van der Waals surface area contributed by atoms with Gasteiger partial charge in [0, 0.05) is 23.4 Å². The Morgan fingerprint density at radius 2 is 1.39 bits per heavy atom. The molecule has 0 spiro atoms. The second-order valence-electron chi connectivity index (χ2n) is 6.17. The normalized spacial score (nSPS) is 11.4. The van der Waals surface area contributed by atoms with Crippen LogP contribution in [0.2, 0.25) is 0 Å². The van der Waals surface area contributed by atoms with E-state index in [0.29, 0.717) is 11.6 Å². The smallest absolute Gasteiger partial charge is 0.193 e. The van der Waals surface area contributed by atoms with Gasteiger partial charge in [-0.1, -0.05) is 12.1 Å². The maximum Gasteiger partial charge on any atom is 0.193 e. The number of aromatic hydroxyl groups is 2. The van der Waals surface area contributed by atoms with Crippen LogP contribution in [0.15, 0.2) is 59.5 Å². The average molecular weight is 404 g/mol. The summed E-state index contributed by atoms with van der Waals surface area (Å²) in [6.07, 6.45) is 1.04. The summed E-state index contributed by atoms with van der Waals surface area (Å²) in [5, 5.41) is 19.6. The summed E-state index contributed by atoms with van der Waals surface area (Å²) in [6.45, 7) is 0. The van der Waals surface area contributed by atoms with Crippen LogP contribution in [0, 0.1) is 11.6 Å². The molecule has 5 nitrogen and oxygen atoms in total. The van der Waals surface area contributed by atoms with Crippen molar-refractivity contribution in [3.63, 3.8) is 0 Å². The van der Waals surface area contributed by atoms with Gasteiger partial charge in [-0.05, 0) is 47.5 Å². The van der Waals surface area contributed by atoms with Crippen molar-refractivity contribution in [2.45, 2.75) is 4.90 Å². The highest BCUT2D eigenvalue weighted by molar-refractivity contribution is 7.90. The lowest BCUT2D eigenvalue weighted by molar-refractivity contribution is 0.103. The van der Waals surface area contributed by atoms with Crippen molar-refractivity contribution in [3.05, 3.63) is 77.4 Å². The second kappa shape index (κ2) is 7.05. The Labute approximate surface area is 159 Å². The summed E-state index contributed by atoms with van der Waals surface area (Å²) in [7, 11) is -3.44. The van der Waals surface area contributed by atoms with Gasteiger partial charge in [-0.25, -0.2) is 17.2 Å². The monoisotopic (exact) mass is 404 g/mol. The van der Waals surface area contributed by atoms with Crippen LogP contribution in [0.3, 0.4) is 0 Å². The van der Waals surface area contributed by atoms with Crippen molar-refractivity contribution in [1.82, 2.24) is 0 Å². The number of hydrogen-bond acceptors (Lipinski definition) is 5. The fourth-order valence-corrected chi connectivity index (χ4v) is 3.36. The van der Waals surface area contributed by atoms with Crippen molar-refractivity contribution < 1.29 is 32.2 Å². The molecule has 0 aliphatic heterocycles. The average Bonchev–Trinajstić information content (AvgIpc) is 2.61. The quantitative estimate of drug-likeness (QED) is 0.511. The number of rotatable bonds is 4. The van der Waals surface area contributed by atoms with Crippen molar-refractivity contribution in [2.75, 3.05) is 6.26 Å². The first-order chi connectivity index (χ1) is 13.1. The largest absolute Gasteiger partial charge is 0.504 e. The summed E-state index contributed by atoms with van der Waals surface area (Å²) >= 11 is 0. The maximum atomic E-state index is 13.5. The minimum absolute atomic E-state index is 0.0549. The van der Waals surface area contributed by atoms with Crippen LogP contribution in [0.25, 0.3) is 11.1 Å². The lowest BCUT2D eigenvalue weighted by Crippen LogP contribution is -2.05. The Bertz CT molecular complexity index is 1170. The predicted molar refractivity (Wildman–Crippen MR) is 98.1 cm³/mol. The molecule has 144 valence electrons. The predicted octanol–water partition coefficient (Wildman–Crippen LogP) is 3.68. The Morgan fingerprint density at radius 1 is 0.857 bits per heavy atom. The van der Waals surface area contributed by atoms with Gasteiger partial charge >= 0.3 is 0 Å². The van der Waals surface area contributed by atoms with E-state index in [1.54, 1.807) is 0 Å². The molecule has 0 heterocycles. The Hall–Kier alpha value is -3.26. The SMILES string of the molecule is CS(=O)(=O)c1ccc(-c2cc(O)c(O)cc2C(=O)c2cc(F)cc(F)c2)cc1. The minimum atomic E-state index is -3.44. The summed E-state index contributed by atoms with van der Waals surface area (Å²) in [5.74, 6) is -3.76. The van der Waals surface area contributed by atoms with Crippen LogP contribution in [-0.2, 0) is 9.84 Å². The molecule has 3 aromatic carbocycles. The minimum Gasteiger partial charge on any atom is -0.504 e. The van der Waals surface area contributed by atoms with E-state index in [0.717, 1.165) is 30.5 Å². The fourth-order valence-electron chi connectivity index (χ4n) is 2.73. The number of benzene rings is 3. The Morgan fingerprint density at radius 3 is 1.93 bits per heavy atom. The molecule has 3 aromatic rings. The molecule has 28 heavy (non-hydrogen) atoms. The summed E-state index contributed by atoms with van der Waals surface area (Å²) in [5.41, 5.74) is 0.122. The van der Waals surface area contributed by atoms with Crippen LogP contribution in [0.1, 0.15) is 15.9 Å². The van der Waals surface area contributed by atoms with E-state index in [9.17, 15) is 32.2 Å². The molecule has 0 radical (unpaired) electrons.